The zero-order valence-electron chi connectivity index (χ0n) is 18.3. The number of ether oxygens (including phenoxy) is 1. The fourth-order valence-electron chi connectivity index (χ4n) is 4.19. The van der Waals surface area contributed by atoms with E-state index in [9.17, 15) is 4.79 Å². The minimum Gasteiger partial charge on any atom is -0.436 e. The maximum absolute atomic E-state index is 12.3. The summed E-state index contributed by atoms with van der Waals surface area (Å²) < 4.78 is 11.7. The fraction of sp³-hybridized carbons (Fsp3) is 0.333. The number of amides is 1. The van der Waals surface area contributed by atoms with Gasteiger partial charge < -0.3 is 24.7 Å². The molecule has 4 heterocycles. The first-order chi connectivity index (χ1) is 16.2. The molecule has 1 saturated carbocycles. The second-order valence-corrected chi connectivity index (χ2v) is 8.42. The summed E-state index contributed by atoms with van der Waals surface area (Å²) in [6.45, 7) is 3.16. The molecule has 2 fully saturated rings. The zero-order valence-corrected chi connectivity index (χ0v) is 18.3. The highest BCUT2D eigenvalue weighted by Crippen LogP contribution is 2.35. The van der Waals surface area contributed by atoms with E-state index in [1.807, 2.05) is 25.2 Å². The van der Waals surface area contributed by atoms with E-state index in [0.717, 1.165) is 72.3 Å². The maximum atomic E-state index is 12.3. The van der Waals surface area contributed by atoms with E-state index >= 15 is 0 Å². The van der Waals surface area contributed by atoms with E-state index in [4.69, 9.17) is 14.1 Å². The number of benzene rings is 1. The van der Waals surface area contributed by atoms with Crippen LogP contribution in [0.5, 0.6) is 0 Å². The van der Waals surface area contributed by atoms with Crippen LogP contribution >= 0.6 is 0 Å². The van der Waals surface area contributed by atoms with Crippen LogP contribution in [0.4, 0.5) is 17.3 Å². The lowest BCUT2D eigenvalue weighted by Gasteiger charge is -2.28. The highest BCUT2D eigenvalue weighted by molar-refractivity contribution is 6.03. The molecule has 0 unspecified atom stereocenters. The number of nitrogens with one attached hydrogen (secondary N) is 2. The number of aromatic nitrogens is 3. The summed E-state index contributed by atoms with van der Waals surface area (Å²) in [6, 6.07) is 7.93. The Kier molecular flexibility index (Phi) is 4.83. The normalized spacial score (nSPS) is 16.3. The molecule has 9 heteroatoms. The first-order valence-corrected chi connectivity index (χ1v) is 11.2. The summed E-state index contributed by atoms with van der Waals surface area (Å²) in [6.07, 6.45) is 5.34. The van der Waals surface area contributed by atoms with Crippen molar-refractivity contribution in [2.75, 3.05) is 48.9 Å². The van der Waals surface area contributed by atoms with Crippen LogP contribution in [0.15, 0.2) is 41.1 Å². The number of carbonyl (C=O) groups is 1. The summed E-state index contributed by atoms with van der Waals surface area (Å²) in [5.41, 5.74) is 3.34. The van der Waals surface area contributed by atoms with E-state index in [-0.39, 0.29) is 11.8 Å². The fourth-order valence-corrected chi connectivity index (χ4v) is 4.19. The molecule has 0 bridgehead atoms. The van der Waals surface area contributed by atoms with Gasteiger partial charge in [-0.25, -0.2) is 15.0 Å². The molecule has 1 aromatic carbocycles. The van der Waals surface area contributed by atoms with Gasteiger partial charge in [0, 0.05) is 61.0 Å². The van der Waals surface area contributed by atoms with Gasteiger partial charge in [-0.2, -0.15) is 0 Å². The number of morpholine rings is 1. The molecule has 9 nitrogen and oxygen atoms in total. The first kappa shape index (κ1) is 19.9. The second kappa shape index (κ2) is 8.00. The molecule has 168 valence electrons. The molecule has 1 aliphatic carbocycles. The van der Waals surface area contributed by atoms with Crippen LogP contribution in [-0.4, -0.2) is 54.2 Å². The van der Waals surface area contributed by atoms with Gasteiger partial charge in [-0.1, -0.05) is 0 Å². The Bertz CT molecular complexity index is 1360. The van der Waals surface area contributed by atoms with E-state index in [1.54, 1.807) is 12.4 Å². The van der Waals surface area contributed by atoms with Gasteiger partial charge in [0.2, 0.25) is 11.8 Å². The molecule has 33 heavy (non-hydrogen) atoms. The standard InChI is InChI=1S/C24H24N6O3/c1-25-22-17-12-26-21(29-23(31)14-2-3-14)11-16(17)18(13-27-22)24-28-19-5-4-15(10-20(19)33-24)30-6-8-32-9-7-30/h4-5,10-14H,2-3,6-9H2,1H3,(H,25,27)(H,26,29,31). The second-order valence-electron chi connectivity index (χ2n) is 8.42. The Labute approximate surface area is 190 Å². The molecule has 4 aromatic rings. The van der Waals surface area contributed by atoms with Crippen LogP contribution < -0.4 is 15.5 Å². The van der Waals surface area contributed by atoms with E-state index in [2.05, 4.69) is 31.6 Å². The number of hydrogen-bond acceptors (Lipinski definition) is 8. The largest absolute Gasteiger partial charge is 0.436 e. The van der Waals surface area contributed by atoms with E-state index in [1.165, 1.54) is 0 Å². The molecular weight excluding hydrogens is 420 g/mol. The SMILES string of the molecule is CNc1ncc(-c2nc3ccc(N4CCOCC4)cc3o2)c2cc(NC(=O)C3CC3)ncc12. The minimum absolute atomic E-state index is 0.0174. The Balaban J connectivity index is 1.41. The Hall–Kier alpha value is -3.72. The van der Waals surface area contributed by atoms with Gasteiger partial charge in [0.15, 0.2) is 5.58 Å². The Morgan fingerprint density at radius 2 is 1.94 bits per heavy atom. The molecule has 1 aliphatic heterocycles. The zero-order chi connectivity index (χ0) is 22.4. The third-order valence-corrected chi connectivity index (χ3v) is 6.19. The number of pyridine rings is 2. The van der Waals surface area contributed by atoms with Crippen LogP contribution in [0.25, 0.3) is 33.3 Å². The van der Waals surface area contributed by atoms with Gasteiger partial charge in [0.05, 0.1) is 18.8 Å². The lowest BCUT2D eigenvalue weighted by molar-refractivity contribution is -0.117. The quantitative estimate of drug-likeness (QED) is 0.480. The highest BCUT2D eigenvalue weighted by Gasteiger charge is 2.30. The topological polar surface area (TPSA) is 105 Å². The van der Waals surface area contributed by atoms with Crippen molar-refractivity contribution in [1.82, 2.24) is 15.0 Å². The first-order valence-electron chi connectivity index (χ1n) is 11.2. The minimum atomic E-state index is 0.0174. The van der Waals surface area contributed by atoms with Gasteiger partial charge in [-0.15, -0.1) is 0 Å². The van der Waals surface area contributed by atoms with Crippen molar-refractivity contribution in [2.45, 2.75) is 12.8 Å². The van der Waals surface area contributed by atoms with E-state index in [0.29, 0.717) is 17.5 Å². The van der Waals surface area contributed by atoms with Crippen molar-refractivity contribution in [3.05, 3.63) is 36.7 Å². The Morgan fingerprint density at radius 1 is 1.09 bits per heavy atom. The monoisotopic (exact) mass is 444 g/mol. The molecular formula is C24H24N6O3. The highest BCUT2D eigenvalue weighted by atomic mass is 16.5. The van der Waals surface area contributed by atoms with Crippen molar-refractivity contribution < 1.29 is 13.9 Å². The van der Waals surface area contributed by atoms with Crippen LogP contribution in [0.2, 0.25) is 0 Å². The number of carbonyl (C=O) groups excluding carboxylic acids is 1. The van der Waals surface area contributed by atoms with Crippen LogP contribution in [-0.2, 0) is 9.53 Å². The van der Waals surface area contributed by atoms with Crippen molar-refractivity contribution in [3.8, 4) is 11.5 Å². The number of fused-ring (bicyclic) bond motifs is 2. The number of rotatable bonds is 5. The van der Waals surface area contributed by atoms with Gasteiger partial charge in [-0.05, 0) is 31.0 Å². The number of hydrogen-bond donors (Lipinski definition) is 2. The molecule has 0 spiro atoms. The van der Waals surface area contributed by atoms with Crippen LogP contribution in [0, 0.1) is 5.92 Å². The Morgan fingerprint density at radius 3 is 2.73 bits per heavy atom. The molecule has 1 saturated heterocycles. The summed E-state index contributed by atoms with van der Waals surface area (Å²) in [5, 5.41) is 7.71. The number of nitrogens with zero attached hydrogens (tertiary/aromatic N) is 4. The molecule has 6 rings (SSSR count). The molecule has 2 aliphatic rings. The average Bonchev–Trinajstić information content (AvgIpc) is 3.62. The van der Waals surface area contributed by atoms with E-state index < -0.39 is 0 Å². The average molecular weight is 444 g/mol. The summed E-state index contributed by atoms with van der Waals surface area (Å²) in [4.78, 5) is 28.2. The van der Waals surface area contributed by atoms with Crippen LogP contribution in [0.1, 0.15) is 12.8 Å². The predicted molar refractivity (Wildman–Crippen MR) is 126 cm³/mol. The van der Waals surface area contributed by atoms with Crippen molar-refractivity contribution >= 4 is 45.1 Å². The smallest absolute Gasteiger partial charge is 0.229 e. The van der Waals surface area contributed by atoms with Crippen molar-refractivity contribution in [1.29, 1.82) is 0 Å². The summed E-state index contributed by atoms with van der Waals surface area (Å²) in [5.74, 6) is 1.82. The lowest BCUT2D eigenvalue weighted by Crippen LogP contribution is -2.36. The van der Waals surface area contributed by atoms with Crippen molar-refractivity contribution in [2.24, 2.45) is 5.92 Å². The number of anilines is 3. The van der Waals surface area contributed by atoms with Gasteiger partial charge in [-0.3, -0.25) is 4.79 Å². The third-order valence-electron chi connectivity index (χ3n) is 6.19. The number of oxazole rings is 1. The molecule has 0 radical (unpaired) electrons. The molecule has 2 N–H and O–H groups in total. The molecule has 0 atom stereocenters. The molecule has 3 aromatic heterocycles. The van der Waals surface area contributed by atoms with Crippen molar-refractivity contribution in [3.63, 3.8) is 0 Å². The summed E-state index contributed by atoms with van der Waals surface area (Å²) >= 11 is 0. The van der Waals surface area contributed by atoms with Gasteiger partial charge in [0.25, 0.3) is 0 Å². The van der Waals surface area contributed by atoms with Crippen LogP contribution in [0.3, 0.4) is 0 Å². The summed E-state index contributed by atoms with van der Waals surface area (Å²) in [7, 11) is 1.82. The maximum Gasteiger partial charge on any atom is 0.229 e. The van der Waals surface area contributed by atoms with Gasteiger partial charge in [0.1, 0.15) is 17.2 Å². The predicted octanol–water partition coefficient (Wildman–Crippen LogP) is 3.66. The lowest BCUT2D eigenvalue weighted by atomic mass is 10.1. The third kappa shape index (κ3) is 3.74. The van der Waals surface area contributed by atoms with Gasteiger partial charge >= 0.3 is 0 Å². The molecule has 1 amide bonds.